The van der Waals surface area contributed by atoms with Crippen LogP contribution >= 0.6 is 22.6 Å². The number of ether oxygens (including phenoxy) is 1. The lowest BCUT2D eigenvalue weighted by Crippen LogP contribution is -2.28. The molecular formula is C11H14INO. The Kier molecular flexibility index (Phi) is 3.26. The van der Waals surface area contributed by atoms with E-state index in [4.69, 9.17) is 4.74 Å². The highest BCUT2D eigenvalue weighted by Crippen LogP contribution is 2.33. The summed E-state index contributed by atoms with van der Waals surface area (Å²) < 4.78 is 6.77. The molecule has 1 aromatic heterocycles. The van der Waals surface area contributed by atoms with Crippen LogP contribution in [0.2, 0.25) is 0 Å². The molecule has 0 aliphatic heterocycles. The molecular weight excluding hydrogens is 289 g/mol. The first-order valence-corrected chi connectivity index (χ1v) is 6.08. The van der Waals surface area contributed by atoms with E-state index in [2.05, 4.69) is 34.5 Å². The minimum atomic E-state index is 0.746. The fourth-order valence-electron chi connectivity index (χ4n) is 1.62. The normalized spacial score (nSPS) is 25.6. The molecule has 2 nitrogen and oxygen atoms in total. The van der Waals surface area contributed by atoms with Gasteiger partial charge in [-0.25, -0.2) is 4.98 Å². The largest absolute Gasteiger partial charge is 0.477 e. The van der Waals surface area contributed by atoms with Gasteiger partial charge in [0.25, 0.3) is 0 Å². The van der Waals surface area contributed by atoms with Crippen LogP contribution in [-0.2, 0) is 0 Å². The van der Waals surface area contributed by atoms with Crippen molar-refractivity contribution in [3.05, 3.63) is 21.9 Å². The molecule has 14 heavy (non-hydrogen) atoms. The first-order chi connectivity index (χ1) is 6.75. The van der Waals surface area contributed by atoms with Gasteiger partial charge in [0.2, 0.25) is 5.88 Å². The Labute approximate surface area is 98.2 Å². The first kappa shape index (κ1) is 10.2. The number of nitrogens with zero attached hydrogens (tertiary/aromatic N) is 1. The summed E-state index contributed by atoms with van der Waals surface area (Å²) in [6.45, 7) is 3.12. The predicted octanol–water partition coefficient (Wildman–Crippen LogP) is 3.11. The average molecular weight is 303 g/mol. The molecule has 1 fully saturated rings. The van der Waals surface area contributed by atoms with Gasteiger partial charge in [-0.05, 0) is 53.3 Å². The third-order valence-electron chi connectivity index (χ3n) is 2.94. The van der Waals surface area contributed by atoms with Crippen LogP contribution in [0.15, 0.2) is 18.3 Å². The van der Waals surface area contributed by atoms with Gasteiger partial charge in [0.1, 0.15) is 0 Å². The molecule has 0 N–H and O–H groups in total. The lowest BCUT2D eigenvalue weighted by atomic mass is 9.75. The molecule has 1 aromatic rings. The first-order valence-electron chi connectivity index (χ1n) is 5.00. The summed E-state index contributed by atoms with van der Waals surface area (Å²) >= 11 is 2.24. The zero-order valence-corrected chi connectivity index (χ0v) is 10.4. The van der Waals surface area contributed by atoms with Crippen molar-refractivity contribution in [1.29, 1.82) is 0 Å². The van der Waals surface area contributed by atoms with Crippen LogP contribution in [0.1, 0.15) is 19.8 Å². The molecule has 1 saturated carbocycles. The molecule has 3 heteroatoms. The molecule has 1 heterocycles. The Morgan fingerprint density at radius 2 is 2.36 bits per heavy atom. The molecule has 1 aliphatic rings. The maximum atomic E-state index is 5.62. The van der Waals surface area contributed by atoms with Crippen LogP contribution in [-0.4, -0.2) is 11.6 Å². The van der Waals surface area contributed by atoms with Crippen LogP contribution in [0.3, 0.4) is 0 Å². The fraction of sp³-hybridized carbons (Fsp3) is 0.545. The van der Waals surface area contributed by atoms with E-state index in [-0.39, 0.29) is 0 Å². The van der Waals surface area contributed by atoms with Gasteiger partial charge in [0.05, 0.1) is 6.61 Å². The maximum absolute atomic E-state index is 5.62. The van der Waals surface area contributed by atoms with Crippen LogP contribution in [0.4, 0.5) is 0 Å². The third kappa shape index (κ3) is 2.38. The molecule has 0 unspecified atom stereocenters. The molecule has 0 bridgehead atoms. The Balaban J connectivity index is 1.83. The average Bonchev–Trinajstić information content (AvgIpc) is 2.19. The van der Waals surface area contributed by atoms with E-state index >= 15 is 0 Å². The molecule has 0 spiro atoms. The minimum absolute atomic E-state index is 0.746. The Morgan fingerprint density at radius 1 is 1.50 bits per heavy atom. The van der Waals surface area contributed by atoms with Crippen molar-refractivity contribution in [2.75, 3.05) is 6.61 Å². The van der Waals surface area contributed by atoms with E-state index in [9.17, 15) is 0 Å². The monoisotopic (exact) mass is 303 g/mol. The zero-order valence-electron chi connectivity index (χ0n) is 8.24. The number of rotatable bonds is 3. The number of hydrogen-bond donors (Lipinski definition) is 0. The van der Waals surface area contributed by atoms with Gasteiger partial charge in [-0.2, -0.15) is 0 Å². The molecule has 0 amide bonds. The highest BCUT2D eigenvalue weighted by atomic mass is 127. The van der Waals surface area contributed by atoms with Crippen molar-refractivity contribution in [2.24, 2.45) is 11.8 Å². The standard InChI is InChI=1S/C11H14INO/c1-8-2-3-9(8)7-14-11-5-4-10(12)6-13-11/h4-6,8-9H,2-3,7H2,1H3/t8-,9-/m1/s1. The predicted molar refractivity (Wildman–Crippen MR) is 64.3 cm³/mol. The van der Waals surface area contributed by atoms with Gasteiger partial charge in [-0.1, -0.05) is 6.92 Å². The van der Waals surface area contributed by atoms with Crippen LogP contribution in [0, 0.1) is 15.4 Å². The summed E-state index contributed by atoms with van der Waals surface area (Å²) in [5.41, 5.74) is 0. The number of halogens is 1. The van der Waals surface area contributed by atoms with Gasteiger partial charge in [-0.15, -0.1) is 0 Å². The molecule has 2 atom stereocenters. The van der Waals surface area contributed by atoms with Crippen molar-refractivity contribution >= 4 is 22.6 Å². The van der Waals surface area contributed by atoms with E-state index in [1.165, 1.54) is 12.8 Å². The van der Waals surface area contributed by atoms with Crippen molar-refractivity contribution in [2.45, 2.75) is 19.8 Å². The van der Waals surface area contributed by atoms with Crippen molar-refractivity contribution < 1.29 is 4.74 Å². The highest BCUT2D eigenvalue weighted by molar-refractivity contribution is 14.1. The summed E-state index contributed by atoms with van der Waals surface area (Å²) in [5, 5.41) is 0. The Bertz CT molecular complexity index is 299. The van der Waals surface area contributed by atoms with E-state index in [0.717, 1.165) is 27.9 Å². The van der Waals surface area contributed by atoms with Crippen LogP contribution in [0.25, 0.3) is 0 Å². The second kappa shape index (κ2) is 4.47. The lowest BCUT2D eigenvalue weighted by molar-refractivity contribution is 0.113. The van der Waals surface area contributed by atoms with Gasteiger partial charge in [0, 0.05) is 15.8 Å². The van der Waals surface area contributed by atoms with E-state index in [0.29, 0.717) is 0 Å². The van der Waals surface area contributed by atoms with E-state index in [1.54, 1.807) is 0 Å². The topological polar surface area (TPSA) is 22.1 Å². The van der Waals surface area contributed by atoms with Crippen molar-refractivity contribution in [3.63, 3.8) is 0 Å². The van der Waals surface area contributed by atoms with Gasteiger partial charge < -0.3 is 4.74 Å². The third-order valence-corrected chi connectivity index (χ3v) is 3.58. The molecule has 1 aliphatic carbocycles. The summed E-state index contributed by atoms with van der Waals surface area (Å²) in [5.74, 6) is 2.33. The molecule has 2 rings (SSSR count). The molecule has 0 radical (unpaired) electrons. The molecule has 0 aromatic carbocycles. The lowest BCUT2D eigenvalue weighted by Gasteiger charge is -2.33. The number of hydrogen-bond acceptors (Lipinski definition) is 2. The second-order valence-corrected chi connectivity index (χ2v) is 5.19. The van der Waals surface area contributed by atoms with Crippen LogP contribution < -0.4 is 4.74 Å². The van der Waals surface area contributed by atoms with E-state index < -0.39 is 0 Å². The Morgan fingerprint density at radius 3 is 2.86 bits per heavy atom. The zero-order chi connectivity index (χ0) is 9.97. The fourth-order valence-corrected chi connectivity index (χ4v) is 1.94. The van der Waals surface area contributed by atoms with Crippen molar-refractivity contribution in [3.8, 4) is 5.88 Å². The number of aromatic nitrogens is 1. The van der Waals surface area contributed by atoms with Crippen molar-refractivity contribution in [1.82, 2.24) is 4.98 Å². The quantitative estimate of drug-likeness (QED) is 0.801. The van der Waals surface area contributed by atoms with Gasteiger partial charge in [-0.3, -0.25) is 0 Å². The molecule has 76 valence electrons. The molecule has 0 saturated heterocycles. The minimum Gasteiger partial charge on any atom is -0.477 e. The Hall–Kier alpha value is -0.320. The summed E-state index contributed by atoms with van der Waals surface area (Å²) in [6, 6.07) is 3.96. The summed E-state index contributed by atoms with van der Waals surface area (Å²) in [6.07, 6.45) is 4.50. The highest BCUT2D eigenvalue weighted by Gasteiger charge is 2.27. The smallest absolute Gasteiger partial charge is 0.213 e. The maximum Gasteiger partial charge on any atom is 0.213 e. The second-order valence-electron chi connectivity index (χ2n) is 3.94. The number of pyridine rings is 1. The van der Waals surface area contributed by atoms with Gasteiger partial charge in [0.15, 0.2) is 0 Å². The van der Waals surface area contributed by atoms with E-state index in [1.807, 2.05) is 18.3 Å². The summed E-state index contributed by atoms with van der Waals surface area (Å²) in [7, 11) is 0. The summed E-state index contributed by atoms with van der Waals surface area (Å²) in [4.78, 5) is 4.20. The van der Waals surface area contributed by atoms with Gasteiger partial charge >= 0.3 is 0 Å². The SMILES string of the molecule is C[C@@H]1CC[C@@H]1COc1ccc(I)cn1. The van der Waals surface area contributed by atoms with Crippen LogP contribution in [0.5, 0.6) is 5.88 Å².